The topological polar surface area (TPSA) is 63.6 Å². The Morgan fingerprint density at radius 2 is 1.84 bits per heavy atom. The van der Waals surface area contributed by atoms with Crippen molar-refractivity contribution in [2.45, 2.75) is 12.1 Å². The Morgan fingerprint density at radius 1 is 1.08 bits per heavy atom. The Kier molecular flexibility index (Phi) is 4.11. The third kappa shape index (κ3) is 2.96. The molecule has 2 heterocycles. The van der Waals surface area contributed by atoms with Crippen molar-refractivity contribution in [1.29, 1.82) is 0 Å². The van der Waals surface area contributed by atoms with E-state index in [0.29, 0.717) is 11.3 Å². The van der Waals surface area contributed by atoms with E-state index in [4.69, 9.17) is 0 Å². The minimum Gasteiger partial charge on any atom is -0.360 e. The molecule has 5 nitrogen and oxygen atoms in total. The van der Waals surface area contributed by atoms with Crippen molar-refractivity contribution >= 4 is 28.4 Å². The second-order valence-corrected chi connectivity index (χ2v) is 6.60. The number of rotatable bonds is 5. The number of hydrogen-bond acceptors (Lipinski definition) is 4. The van der Waals surface area contributed by atoms with Crippen molar-refractivity contribution in [2.24, 2.45) is 0 Å². The molecule has 1 N–H and O–H groups in total. The molecule has 124 valence electrons. The molecule has 6 heteroatoms. The highest BCUT2D eigenvalue weighted by molar-refractivity contribution is 7.99. The van der Waals surface area contributed by atoms with Gasteiger partial charge in [-0.05, 0) is 25.1 Å². The second-order valence-electron chi connectivity index (χ2n) is 5.66. The summed E-state index contributed by atoms with van der Waals surface area (Å²) in [6.07, 6.45) is 1.78. The van der Waals surface area contributed by atoms with Gasteiger partial charge < -0.3 is 4.98 Å². The van der Waals surface area contributed by atoms with Crippen LogP contribution in [0.1, 0.15) is 16.2 Å². The second kappa shape index (κ2) is 6.57. The summed E-state index contributed by atoms with van der Waals surface area (Å²) in [6.45, 7) is 1.91. The van der Waals surface area contributed by atoms with E-state index >= 15 is 0 Å². The van der Waals surface area contributed by atoms with Gasteiger partial charge in [-0.1, -0.05) is 48.2 Å². The average molecular weight is 348 g/mol. The van der Waals surface area contributed by atoms with E-state index in [9.17, 15) is 4.79 Å². The van der Waals surface area contributed by atoms with E-state index in [0.717, 1.165) is 27.6 Å². The van der Waals surface area contributed by atoms with Gasteiger partial charge in [0, 0.05) is 28.4 Å². The molecule has 0 fully saturated rings. The van der Waals surface area contributed by atoms with Gasteiger partial charge >= 0.3 is 0 Å². The highest BCUT2D eigenvalue weighted by Gasteiger charge is 2.16. The maximum atomic E-state index is 12.6. The van der Waals surface area contributed by atoms with Crippen LogP contribution in [0.2, 0.25) is 0 Å². The lowest BCUT2D eigenvalue weighted by Gasteiger charge is -2.07. The fraction of sp³-hybridized carbons (Fsp3) is 0.105. The molecule has 25 heavy (non-hydrogen) atoms. The predicted octanol–water partition coefficient (Wildman–Crippen LogP) is 4.03. The van der Waals surface area contributed by atoms with Gasteiger partial charge in [-0.15, -0.1) is 10.2 Å². The van der Waals surface area contributed by atoms with Crippen LogP contribution in [0.15, 0.2) is 66.0 Å². The van der Waals surface area contributed by atoms with Crippen molar-refractivity contribution in [2.75, 3.05) is 5.75 Å². The minimum absolute atomic E-state index is 0.0720. The summed E-state index contributed by atoms with van der Waals surface area (Å²) in [5, 5.41) is 10.1. The Labute approximate surface area is 149 Å². The number of para-hydroxylation sites is 2. The number of hydrogen-bond donors (Lipinski definition) is 1. The zero-order valence-electron chi connectivity index (χ0n) is 13.6. The van der Waals surface area contributed by atoms with Crippen LogP contribution < -0.4 is 0 Å². The molecule has 0 saturated heterocycles. The van der Waals surface area contributed by atoms with Crippen LogP contribution in [-0.2, 0) is 0 Å². The number of carbonyl (C=O) groups excluding carboxylic acids is 1. The number of benzene rings is 2. The molecule has 0 aliphatic heterocycles. The lowest BCUT2D eigenvalue weighted by atomic mass is 10.1. The molecule has 0 radical (unpaired) electrons. The van der Waals surface area contributed by atoms with Crippen molar-refractivity contribution in [3.8, 4) is 5.69 Å². The number of Topliss-reactive ketones (excluding diaryl/α,β-unsaturated/α-hetero) is 1. The van der Waals surface area contributed by atoms with Gasteiger partial charge in [0.25, 0.3) is 0 Å². The average Bonchev–Trinajstić information content (AvgIpc) is 3.24. The molecule has 0 aliphatic rings. The molecule has 0 aliphatic carbocycles. The zero-order valence-corrected chi connectivity index (χ0v) is 14.5. The van der Waals surface area contributed by atoms with Crippen LogP contribution in [0.3, 0.4) is 0 Å². The Bertz CT molecular complexity index is 1040. The molecule has 0 spiro atoms. The summed E-state index contributed by atoms with van der Waals surface area (Å²) >= 11 is 1.40. The monoisotopic (exact) mass is 348 g/mol. The van der Waals surface area contributed by atoms with E-state index in [1.807, 2.05) is 66.1 Å². The number of H-pyrrole nitrogens is 1. The standard InChI is InChI=1S/C19H16N4OS/c1-13-21-22-19(23(13)14-7-3-2-4-8-14)25-12-18(24)16-11-20-17-10-6-5-9-15(16)17/h2-11,20H,12H2,1H3. The molecular formula is C19H16N4OS. The first-order chi connectivity index (χ1) is 12.2. The highest BCUT2D eigenvalue weighted by atomic mass is 32.2. The maximum absolute atomic E-state index is 12.6. The first-order valence-electron chi connectivity index (χ1n) is 7.93. The smallest absolute Gasteiger partial charge is 0.196 e. The van der Waals surface area contributed by atoms with Gasteiger partial charge in [0.05, 0.1) is 5.75 Å². The Morgan fingerprint density at radius 3 is 2.68 bits per heavy atom. The number of fused-ring (bicyclic) bond motifs is 1. The molecule has 0 unspecified atom stereocenters. The summed E-state index contributed by atoms with van der Waals surface area (Å²) in [4.78, 5) is 15.8. The van der Waals surface area contributed by atoms with Crippen LogP contribution in [0, 0.1) is 6.92 Å². The van der Waals surface area contributed by atoms with Gasteiger partial charge in [-0.2, -0.15) is 0 Å². The summed E-state index contributed by atoms with van der Waals surface area (Å²) in [6, 6.07) is 17.7. The molecule has 0 saturated carbocycles. The van der Waals surface area contributed by atoms with Gasteiger partial charge in [0.2, 0.25) is 0 Å². The molecule has 0 amide bonds. The van der Waals surface area contributed by atoms with Crippen molar-refractivity contribution in [3.63, 3.8) is 0 Å². The molecule has 4 aromatic rings. The number of nitrogens with zero attached hydrogens (tertiary/aromatic N) is 3. The van der Waals surface area contributed by atoms with E-state index < -0.39 is 0 Å². The van der Waals surface area contributed by atoms with Crippen LogP contribution in [0.25, 0.3) is 16.6 Å². The summed E-state index contributed by atoms with van der Waals surface area (Å²) < 4.78 is 1.97. The molecular weight excluding hydrogens is 332 g/mol. The Hall–Kier alpha value is -2.86. The quantitative estimate of drug-likeness (QED) is 0.437. The van der Waals surface area contributed by atoms with Crippen LogP contribution >= 0.6 is 11.8 Å². The molecule has 0 atom stereocenters. The minimum atomic E-state index is 0.0720. The lowest BCUT2D eigenvalue weighted by molar-refractivity contribution is 0.102. The number of thioether (sulfide) groups is 1. The van der Waals surface area contributed by atoms with Gasteiger partial charge in [0.15, 0.2) is 10.9 Å². The maximum Gasteiger partial charge on any atom is 0.196 e. The summed E-state index contributed by atoms with van der Waals surface area (Å²) in [5.74, 6) is 1.18. The van der Waals surface area contributed by atoms with Crippen LogP contribution in [0.5, 0.6) is 0 Å². The van der Waals surface area contributed by atoms with Gasteiger partial charge in [-0.3, -0.25) is 9.36 Å². The number of aromatic nitrogens is 4. The number of aryl methyl sites for hydroxylation is 1. The van der Waals surface area contributed by atoms with Crippen molar-refractivity contribution in [3.05, 3.63) is 72.2 Å². The fourth-order valence-electron chi connectivity index (χ4n) is 2.82. The number of carbonyl (C=O) groups is 1. The third-order valence-electron chi connectivity index (χ3n) is 4.03. The number of nitrogens with one attached hydrogen (secondary N) is 1. The van der Waals surface area contributed by atoms with E-state index in [-0.39, 0.29) is 5.78 Å². The van der Waals surface area contributed by atoms with Gasteiger partial charge in [0.1, 0.15) is 5.82 Å². The van der Waals surface area contributed by atoms with Crippen LogP contribution in [-0.4, -0.2) is 31.3 Å². The van der Waals surface area contributed by atoms with E-state index in [2.05, 4.69) is 15.2 Å². The largest absolute Gasteiger partial charge is 0.360 e. The third-order valence-corrected chi connectivity index (χ3v) is 4.96. The first-order valence-corrected chi connectivity index (χ1v) is 8.92. The Balaban J connectivity index is 1.57. The number of ketones is 1. The van der Waals surface area contributed by atoms with E-state index in [1.165, 1.54) is 11.8 Å². The first kappa shape index (κ1) is 15.7. The normalized spacial score (nSPS) is 11.1. The number of aromatic amines is 1. The summed E-state index contributed by atoms with van der Waals surface area (Å²) in [5.41, 5.74) is 2.68. The molecule has 2 aromatic heterocycles. The predicted molar refractivity (Wildman–Crippen MR) is 99.4 cm³/mol. The van der Waals surface area contributed by atoms with Gasteiger partial charge in [-0.25, -0.2) is 0 Å². The molecule has 2 aromatic carbocycles. The highest BCUT2D eigenvalue weighted by Crippen LogP contribution is 2.24. The molecule has 0 bridgehead atoms. The fourth-order valence-corrected chi connectivity index (χ4v) is 3.70. The summed E-state index contributed by atoms with van der Waals surface area (Å²) in [7, 11) is 0. The lowest BCUT2D eigenvalue weighted by Crippen LogP contribution is -2.04. The van der Waals surface area contributed by atoms with Crippen LogP contribution in [0.4, 0.5) is 0 Å². The molecule has 4 rings (SSSR count). The van der Waals surface area contributed by atoms with E-state index in [1.54, 1.807) is 6.20 Å². The zero-order chi connectivity index (χ0) is 17.2. The SMILES string of the molecule is Cc1nnc(SCC(=O)c2c[nH]c3ccccc23)n1-c1ccccc1. The van der Waals surface area contributed by atoms with Crippen molar-refractivity contribution in [1.82, 2.24) is 19.7 Å². The van der Waals surface area contributed by atoms with Crippen molar-refractivity contribution < 1.29 is 4.79 Å².